The van der Waals surface area contributed by atoms with Crippen LogP contribution in [0.15, 0.2) is 5.16 Å². The summed E-state index contributed by atoms with van der Waals surface area (Å²) in [7, 11) is 0. The lowest BCUT2D eigenvalue weighted by Gasteiger charge is -2.33. The van der Waals surface area contributed by atoms with E-state index in [1.807, 2.05) is 11.2 Å². The molecule has 0 fully saturated rings. The van der Waals surface area contributed by atoms with E-state index in [1.165, 1.54) is 22.9 Å². The van der Waals surface area contributed by atoms with Crippen molar-refractivity contribution in [2.45, 2.75) is 83.5 Å². The molecule has 180 valence electrons. The standard InChI is InChI=1S/C24H34N4O3S2/c1-12(2)18-16-11-31-24(5,6)8-15(16)17-19-20(33-22(17)25-18)21(27-23(26-19)32-7)28(9-13(3)29)10-14(4)30/h12-14,29-30H,8-11H2,1-7H3/t13-,14+. The van der Waals surface area contributed by atoms with Gasteiger partial charge in [0.25, 0.3) is 0 Å². The number of anilines is 1. The molecule has 0 amide bonds. The summed E-state index contributed by atoms with van der Waals surface area (Å²) in [5, 5.41) is 22.1. The predicted molar refractivity (Wildman–Crippen MR) is 137 cm³/mol. The number of hydrogen-bond acceptors (Lipinski definition) is 9. The molecule has 3 aromatic heterocycles. The molecule has 0 bridgehead atoms. The second kappa shape index (κ2) is 9.26. The first kappa shape index (κ1) is 24.6. The van der Waals surface area contributed by atoms with Gasteiger partial charge in [-0.05, 0) is 45.4 Å². The fourth-order valence-electron chi connectivity index (χ4n) is 4.53. The van der Waals surface area contributed by atoms with Crippen LogP contribution in [0, 0.1) is 0 Å². The molecule has 0 aromatic carbocycles. The van der Waals surface area contributed by atoms with Crippen LogP contribution in [-0.2, 0) is 17.8 Å². The Morgan fingerprint density at radius 3 is 2.30 bits per heavy atom. The van der Waals surface area contributed by atoms with Crippen molar-refractivity contribution < 1.29 is 14.9 Å². The maximum absolute atomic E-state index is 10.2. The molecule has 0 saturated carbocycles. The van der Waals surface area contributed by atoms with Crippen molar-refractivity contribution in [3.8, 4) is 0 Å². The summed E-state index contributed by atoms with van der Waals surface area (Å²) < 4.78 is 7.13. The first-order valence-corrected chi connectivity index (χ1v) is 13.5. The molecule has 3 aromatic rings. The van der Waals surface area contributed by atoms with E-state index in [1.54, 1.807) is 25.2 Å². The number of aromatic nitrogens is 3. The van der Waals surface area contributed by atoms with E-state index in [-0.39, 0.29) is 11.5 Å². The molecular formula is C24H34N4O3S2. The topological polar surface area (TPSA) is 91.6 Å². The van der Waals surface area contributed by atoms with Gasteiger partial charge in [-0.15, -0.1) is 11.3 Å². The highest BCUT2D eigenvalue weighted by molar-refractivity contribution is 7.98. The van der Waals surface area contributed by atoms with Crippen molar-refractivity contribution in [3.63, 3.8) is 0 Å². The third-order valence-electron chi connectivity index (χ3n) is 5.88. The third kappa shape index (κ3) is 4.84. The number of hydrogen-bond donors (Lipinski definition) is 2. The summed E-state index contributed by atoms with van der Waals surface area (Å²) in [6, 6.07) is 0. The van der Waals surface area contributed by atoms with E-state index < -0.39 is 12.2 Å². The zero-order valence-corrected chi connectivity index (χ0v) is 22.1. The van der Waals surface area contributed by atoms with Crippen LogP contribution < -0.4 is 4.90 Å². The van der Waals surface area contributed by atoms with Gasteiger partial charge >= 0.3 is 0 Å². The van der Waals surface area contributed by atoms with Crippen LogP contribution in [0.3, 0.4) is 0 Å². The first-order chi connectivity index (χ1) is 15.5. The van der Waals surface area contributed by atoms with Crippen molar-refractivity contribution in [2.75, 3.05) is 24.2 Å². The van der Waals surface area contributed by atoms with Crippen LogP contribution in [0.4, 0.5) is 5.82 Å². The minimum atomic E-state index is -0.558. The predicted octanol–water partition coefficient (Wildman–Crippen LogP) is 4.50. The Labute approximate surface area is 203 Å². The van der Waals surface area contributed by atoms with Gasteiger partial charge in [-0.1, -0.05) is 25.6 Å². The van der Waals surface area contributed by atoms with E-state index in [4.69, 9.17) is 19.7 Å². The highest BCUT2D eigenvalue weighted by Gasteiger charge is 2.33. The number of rotatable bonds is 7. The van der Waals surface area contributed by atoms with Crippen molar-refractivity contribution in [1.82, 2.24) is 15.0 Å². The molecule has 1 aliphatic rings. The van der Waals surface area contributed by atoms with Crippen molar-refractivity contribution in [1.29, 1.82) is 0 Å². The maximum atomic E-state index is 10.2. The second-order valence-electron chi connectivity index (χ2n) is 9.93. The highest BCUT2D eigenvalue weighted by atomic mass is 32.2. The van der Waals surface area contributed by atoms with Crippen LogP contribution >= 0.6 is 23.1 Å². The number of ether oxygens (including phenoxy) is 1. The van der Waals surface area contributed by atoms with Gasteiger partial charge in [-0.2, -0.15) is 0 Å². The minimum Gasteiger partial charge on any atom is -0.392 e. The number of aliphatic hydroxyl groups excluding tert-OH is 2. The van der Waals surface area contributed by atoms with E-state index >= 15 is 0 Å². The summed E-state index contributed by atoms with van der Waals surface area (Å²) in [6.07, 6.45) is 1.65. The molecule has 9 heteroatoms. The van der Waals surface area contributed by atoms with E-state index in [2.05, 4.69) is 27.7 Å². The Bertz CT molecular complexity index is 1160. The van der Waals surface area contributed by atoms with Crippen LogP contribution in [0.5, 0.6) is 0 Å². The largest absolute Gasteiger partial charge is 0.392 e. The Morgan fingerprint density at radius 1 is 1.06 bits per heavy atom. The number of fused-ring (bicyclic) bond motifs is 5. The Kier molecular flexibility index (Phi) is 6.90. The summed E-state index contributed by atoms with van der Waals surface area (Å²) >= 11 is 3.10. The smallest absolute Gasteiger partial charge is 0.189 e. The van der Waals surface area contributed by atoms with Gasteiger partial charge in [0.15, 0.2) is 11.0 Å². The van der Waals surface area contributed by atoms with Crippen LogP contribution in [0.1, 0.15) is 64.3 Å². The van der Waals surface area contributed by atoms with E-state index in [9.17, 15) is 10.2 Å². The molecule has 0 aliphatic carbocycles. The summed E-state index contributed by atoms with van der Waals surface area (Å²) in [5.74, 6) is 1.03. The molecule has 0 radical (unpaired) electrons. The van der Waals surface area contributed by atoms with Crippen LogP contribution in [0.2, 0.25) is 0 Å². The molecule has 0 spiro atoms. The number of aliphatic hydroxyl groups is 2. The number of nitrogens with zero attached hydrogens (tertiary/aromatic N) is 4. The molecule has 0 saturated heterocycles. The van der Waals surface area contributed by atoms with Gasteiger partial charge in [0.1, 0.15) is 4.83 Å². The molecular weight excluding hydrogens is 456 g/mol. The quantitative estimate of drug-likeness (QED) is 0.369. The summed E-state index contributed by atoms with van der Waals surface area (Å²) in [6.45, 7) is 13.4. The van der Waals surface area contributed by atoms with Gasteiger partial charge in [0, 0.05) is 30.5 Å². The van der Waals surface area contributed by atoms with Gasteiger partial charge < -0.3 is 19.8 Å². The van der Waals surface area contributed by atoms with Gasteiger partial charge in [0.05, 0.1) is 40.3 Å². The SMILES string of the molecule is CSc1nc(N(C[C@H](C)O)C[C@@H](C)O)c2sc3nc(C(C)C)c4c(c3c2n1)CC(C)(C)OC4. The average molecular weight is 491 g/mol. The van der Waals surface area contributed by atoms with Crippen molar-refractivity contribution in [3.05, 3.63) is 16.8 Å². The van der Waals surface area contributed by atoms with Crippen molar-refractivity contribution >= 4 is 49.3 Å². The maximum Gasteiger partial charge on any atom is 0.189 e. The fraction of sp³-hybridized carbons (Fsp3) is 0.625. The highest BCUT2D eigenvalue weighted by Crippen LogP contribution is 2.44. The molecule has 4 rings (SSSR count). The molecule has 7 nitrogen and oxygen atoms in total. The molecule has 4 heterocycles. The van der Waals surface area contributed by atoms with Gasteiger partial charge in [-0.3, -0.25) is 0 Å². The summed E-state index contributed by atoms with van der Waals surface area (Å²) in [4.78, 5) is 17.8. The monoisotopic (exact) mass is 490 g/mol. The van der Waals surface area contributed by atoms with Crippen molar-refractivity contribution in [2.24, 2.45) is 0 Å². The van der Waals surface area contributed by atoms with Gasteiger partial charge in [-0.25, -0.2) is 15.0 Å². The first-order valence-electron chi connectivity index (χ1n) is 11.5. The Balaban J connectivity index is 2.06. The fourth-order valence-corrected chi connectivity index (χ4v) is 6.06. The van der Waals surface area contributed by atoms with E-state index in [0.717, 1.165) is 38.4 Å². The zero-order valence-electron chi connectivity index (χ0n) is 20.5. The summed E-state index contributed by atoms with van der Waals surface area (Å²) in [5.41, 5.74) is 4.20. The molecule has 33 heavy (non-hydrogen) atoms. The van der Waals surface area contributed by atoms with E-state index in [0.29, 0.717) is 24.9 Å². The second-order valence-corrected chi connectivity index (χ2v) is 11.7. The molecule has 0 unspecified atom stereocenters. The van der Waals surface area contributed by atoms with Crippen LogP contribution in [0.25, 0.3) is 20.4 Å². The number of thioether (sulfide) groups is 1. The zero-order chi connectivity index (χ0) is 24.1. The lowest BCUT2D eigenvalue weighted by atomic mass is 9.87. The lowest BCUT2D eigenvalue weighted by Crippen LogP contribution is -2.37. The minimum absolute atomic E-state index is 0.257. The Hall–Kier alpha value is -1.52. The Morgan fingerprint density at radius 2 is 1.73 bits per heavy atom. The van der Waals surface area contributed by atoms with Gasteiger partial charge in [0.2, 0.25) is 0 Å². The lowest BCUT2D eigenvalue weighted by molar-refractivity contribution is -0.0402. The molecule has 2 atom stereocenters. The third-order valence-corrected chi connectivity index (χ3v) is 7.50. The molecule has 2 N–H and O–H groups in total. The average Bonchev–Trinajstić information content (AvgIpc) is 3.09. The molecule has 1 aliphatic heterocycles. The normalized spacial score (nSPS) is 17.5. The number of thiophene rings is 1. The van der Waals surface area contributed by atoms with Crippen LogP contribution in [-0.4, -0.2) is 62.3 Å². The number of pyridine rings is 1.